The summed E-state index contributed by atoms with van der Waals surface area (Å²) >= 11 is 1.58. The molecule has 0 aliphatic heterocycles. The third kappa shape index (κ3) is 5.15. The molecule has 1 aromatic carbocycles. The van der Waals surface area contributed by atoms with Crippen LogP contribution in [0.15, 0.2) is 35.8 Å². The number of benzene rings is 1. The number of aromatic nitrogens is 1. The van der Waals surface area contributed by atoms with Crippen molar-refractivity contribution in [2.24, 2.45) is 5.92 Å². The molecule has 1 heterocycles. The number of rotatable bonds is 6. The molecule has 0 fully saturated rings. The van der Waals surface area contributed by atoms with E-state index in [1.807, 2.05) is 36.6 Å². The molecule has 4 nitrogen and oxygen atoms in total. The number of hydrogen-bond acceptors (Lipinski definition) is 3. The Kier molecular flexibility index (Phi) is 5.95. The molecule has 0 radical (unpaired) electrons. The van der Waals surface area contributed by atoms with Gasteiger partial charge in [-0.25, -0.2) is 9.78 Å². The van der Waals surface area contributed by atoms with E-state index in [4.69, 9.17) is 0 Å². The molecule has 1 aromatic heterocycles. The van der Waals surface area contributed by atoms with Gasteiger partial charge >= 0.3 is 6.03 Å². The van der Waals surface area contributed by atoms with Crippen LogP contribution in [0.25, 0.3) is 10.6 Å². The molecule has 2 N–H and O–H groups in total. The second-order valence-electron chi connectivity index (χ2n) is 5.89. The molecule has 0 saturated heterocycles. The van der Waals surface area contributed by atoms with Gasteiger partial charge in [-0.15, -0.1) is 11.3 Å². The standard InChI is InChI=1S/C17H23N3OS/c1-12(2)7-8-13(3)19-17(21)20-15-6-4-5-14(11-15)16-18-9-10-22-16/h4-6,9-13H,7-8H2,1-3H3,(H2,19,20,21). The normalized spacial score (nSPS) is 12.2. The Balaban J connectivity index is 1.90. The smallest absolute Gasteiger partial charge is 0.319 e. The Hall–Kier alpha value is -1.88. The number of urea groups is 1. The first-order chi connectivity index (χ1) is 10.5. The van der Waals surface area contributed by atoms with Crippen LogP contribution in [0.4, 0.5) is 10.5 Å². The number of carbonyl (C=O) groups is 1. The highest BCUT2D eigenvalue weighted by Gasteiger charge is 2.09. The van der Waals surface area contributed by atoms with Crippen LogP contribution in [-0.2, 0) is 0 Å². The molecule has 22 heavy (non-hydrogen) atoms. The summed E-state index contributed by atoms with van der Waals surface area (Å²) in [6.45, 7) is 6.42. The van der Waals surface area contributed by atoms with Crippen molar-refractivity contribution in [2.45, 2.75) is 39.7 Å². The van der Waals surface area contributed by atoms with Crippen LogP contribution in [0.3, 0.4) is 0 Å². The van der Waals surface area contributed by atoms with E-state index in [1.54, 1.807) is 17.5 Å². The van der Waals surface area contributed by atoms with Crippen molar-refractivity contribution >= 4 is 23.1 Å². The summed E-state index contributed by atoms with van der Waals surface area (Å²) in [5, 5.41) is 8.76. The molecule has 118 valence electrons. The SMILES string of the molecule is CC(C)CCC(C)NC(=O)Nc1cccc(-c2nccs2)c1. The van der Waals surface area contributed by atoms with E-state index in [9.17, 15) is 4.79 Å². The van der Waals surface area contributed by atoms with E-state index in [0.29, 0.717) is 5.92 Å². The molecule has 0 aliphatic carbocycles. The van der Waals surface area contributed by atoms with Gasteiger partial charge in [0.05, 0.1) is 0 Å². The first kappa shape index (κ1) is 16.5. The van der Waals surface area contributed by atoms with Gasteiger partial charge in [0.1, 0.15) is 5.01 Å². The maximum atomic E-state index is 12.0. The number of amides is 2. The number of carbonyl (C=O) groups excluding carboxylic acids is 1. The number of thiazole rings is 1. The van der Waals surface area contributed by atoms with Crippen LogP contribution in [-0.4, -0.2) is 17.1 Å². The quantitative estimate of drug-likeness (QED) is 0.807. The third-order valence-corrected chi connectivity index (χ3v) is 4.18. The average molecular weight is 317 g/mol. The zero-order valence-corrected chi connectivity index (χ0v) is 14.1. The van der Waals surface area contributed by atoms with Crippen LogP contribution in [0.5, 0.6) is 0 Å². The van der Waals surface area contributed by atoms with Gasteiger partial charge in [0, 0.05) is 28.9 Å². The van der Waals surface area contributed by atoms with Gasteiger partial charge in [0.15, 0.2) is 0 Å². The highest BCUT2D eigenvalue weighted by molar-refractivity contribution is 7.13. The Bertz CT molecular complexity index is 596. The van der Waals surface area contributed by atoms with Gasteiger partial charge in [0.25, 0.3) is 0 Å². The molecule has 1 unspecified atom stereocenters. The monoisotopic (exact) mass is 317 g/mol. The fourth-order valence-electron chi connectivity index (χ4n) is 2.14. The van der Waals surface area contributed by atoms with Gasteiger partial charge in [-0.1, -0.05) is 26.0 Å². The lowest BCUT2D eigenvalue weighted by Gasteiger charge is -2.16. The highest BCUT2D eigenvalue weighted by Crippen LogP contribution is 2.24. The van der Waals surface area contributed by atoms with Crippen LogP contribution < -0.4 is 10.6 Å². The lowest BCUT2D eigenvalue weighted by Crippen LogP contribution is -2.36. The Morgan fingerprint density at radius 3 is 2.77 bits per heavy atom. The van der Waals surface area contributed by atoms with Gasteiger partial charge < -0.3 is 10.6 Å². The minimum atomic E-state index is -0.160. The van der Waals surface area contributed by atoms with Gasteiger partial charge in [-0.05, 0) is 37.8 Å². The number of nitrogens with one attached hydrogen (secondary N) is 2. The van der Waals surface area contributed by atoms with E-state index >= 15 is 0 Å². The predicted octanol–water partition coefficient (Wildman–Crippen LogP) is 4.76. The molecule has 1 atom stereocenters. The van der Waals surface area contributed by atoms with Crippen molar-refractivity contribution in [1.82, 2.24) is 10.3 Å². The van der Waals surface area contributed by atoms with E-state index in [0.717, 1.165) is 29.1 Å². The first-order valence-corrected chi connectivity index (χ1v) is 8.50. The molecule has 0 bridgehead atoms. The fourth-order valence-corrected chi connectivity index (χ4v) is 2.78. The Morgan fingerprint density at radius 2 is 2.09 bits per heavy atom. The van der Waals surface area contributed by atoms with Gasteiger partial charge in [-0.2, -0.15) is 0 Å². The van der Waals surface area contributed by atoms with Crippen molar-refractivity contribution in [3.63, 3.8) is 0 Å². The van der Waals surface area contributed by atoms with Crippen LogP contribution in [0, 0.1) is 5.92 Å². The van der Waals surface area contributed by atoms with Crippen molar-refractivity contribution in [3.05, 3.63) is 35.8 Å². The van der Waals surface area contributed by atoms with Crippen molar-refractivity contribution in [3.8, 4) is 10.6 Å². The van der Waals surface area contributed by atoms with Crippen LogP contribution >= 0.6 is 11.3 Å². The highest BCUT2D eigenvalue weighted by atomic mass is 32.1. The Labute approximate surface area is 136 Å². The average Bonchev–Trinajstić information content (AvgIpc) is 2.99. The van der Waals surface area contributed by atoms with E-state index in [-0.39, 0.29) is 12.1 Å². The molecule has 2 aromatic rings. The maximum Gasteiger partial charge on any atom is 0.319 e. The second kappa shape index (κ2) is 7.94. The van der Waals surface area contributed by atoms with E-state index < -0.39 is 0 Å². The number of anilines is 1. The zero-order chi connectivity index (χ0) is 15.9. The summed E-state index contributed by atoms with van der Waals surface area (Å²) in [7, 11) is 0. The molecule has 0 spiro atoms. The fraction of sp³-hybridized carbons (Fsp3) is 0.412. The topological polar surface area (TPSA) is 54.0 Å². The largest absolute Gasteiger partial charge is 0.335 e. The lowest BCUT2D eigenvalue weighted by molar-refractivity contribution is 0.248. The summed E-state index contributed by atoms with van der Waals surface area (Å²) in [5.41, 5.74) is 1.79. The molecular formula is C17H23N3OS. The van der Waals surface area contributed by atoms with Gasteiger partial charge in [-0.3, -0.25) is 0 Å². The zero-order valence-electron chi connectivity index (χ0n) is 13.3. The molecule has 0 saturated carbocycles. The summed E-state index contributed by atoms with van der Waals surface area (Å²) in [5.74, 6) is 0.655. The molecule has 5 heteroatoms. The van der Waals surface area contributed by atoms with Crippen molar-refractivity contribution < 1.29 is 4.79 Å². The molecule has 0 aliphatic rings. The summed E-state index contributed by atoms with van der Waals surface area (Å²) < 4.78 is 0. The first-order valence-electron chi connectivity index (χ1n) is 7.62. The number of hydrogen-bond donors (Lipinski definition) is 2. The van der Waals surface area contributed by atoms with Gasteiger partial charge in [0.2, 0.25) is 0 Å². The van der Waals surface area contributed by atoms with E-state index in [2.05, 4.69) is 29.5 Å². The summed E-state index contributed by atoms with van der Waals surface area (Å²) in [6.07, 6.45) is 3.88. The molecule has 2 rings (SSSR count). The number of nitrogens with zero attached hydrogens (tertiary/aromatic N) is 1. The minimum Gasteiger partial charge on any atom is -0.335 e. The van der Waals surface area contributed by atoms with E-state index in [1.165, 1.54) is 0 Å². The maximum absolute atomic E-state index is 12.0. The minimum absolute atomic E-state index is 0.160. The third-order valence-electron chi connectivity index (χ3n) is 3.35. The molecule has 2 amide bonds. The van der Waals surface area contributed by atoms with Crippen LogP contribution in [0.1, 0.15) is 33.6 Å². The van der Waals surface area contributed by atoms with Crippen LogP contribution in [0.2, 0.25) is 0 Å². The lowest BCUT2D eigenvalue weighted by atomic mass is 10.0. The second-order valence-corrected chi connectivity index (χ2v) is 6.78. The Morgan fingerprint density at radius 1 is 1.27 bits per heavy atom. The summed E-state index contributed by atoms with van der Waals surface area (Å²) in [4.78, 5) is 16.3. The predicted molar refractivity (Wildman–Crippen MR) is 93.2 cm³/mol. The van der Waals surface area contributed by atoms with Crippen molar-refractivity contribution in [2.75, 3.05) is 5.32 Å². The van der Waals surface area contributed by atoms with Crippen molar-refractivity contribution in [1.29, 1.82) is 0 Å². The summed E-state index contributed by atoms with van der Waals surface area (Å²) in [6, 6.07) is 7.76. The molecular weight excluding hydrogens is 294 g/mol.